The summed E-state index contributed by atoms with van der Waals surface area (Å²) < 4.78 is 7.65. The summed E-state index contributed by atoms with van der Waals surface area (Å²) in [5.41, 5.74) is 1.02. The van der Waals surface area contributed by atoms with Crippen molar-refractivity contribution in [2.75, 3.05) is 17.2 Å². The Labute approximate surface area is 184 Å². The zero-order chi connectivity index (χ0) is 20.5. The Bertz CT molecular complexity index is 1030. The van der Waals surface area contributed by atoms with Crippen LogP contribution in [0.25, 0.3) is 0 Å². The van der Waals surface area contributed by atoms with Gasteiger partial charge in [-0.2, -0.15) is 0 Å². The van der Waals surface area contributed by atoms with Crippen LogP contribution >= 0.6 is 23.5 Å². The van der Waals surface area contributed by atoms with Crippen LogP contribution in [-0.4, -0.2) is 38.2 Å². The Morgan fingerprint density at radius 3 is 2.87 bits per heavy atom. The third-order valence-electron chi connectivity index (χ3n) is 5.45. The summed E-state index contributed by atoms with van der Waals surface area (Å²) in [6, 6.07) is 12.1. The SMILES string of the molecule is C[C@H]1CCN(C(=O)CSc2nnc(C3CC3)n2Cc2ccco2)c2ccccc2S1. The average Bonchev–Trinajstić information content (AvgIpc) is 3.36. The first-order chi connectivity index (χ1) is 14.7. The van der Waals surface area contributed by atoms with Gasteiger partial charge in [0, 0.05) is 22.6 Å². The fourth-order valence-corrected chi connectivity index (χ4v) is 5.64. The van der Waals surface area contributed by atoms with E-state index in [2.05, 4.69) is 27.8 Å². The minimum Gasteiger partial charge on any atom is -0.467 e. The lowest BCUT2D eigenvalue weighted by molar-refractivity contribution is -0.116. The van der Waals surface area contributed by atoms with Gasteiger partial charge in [0.1, 0.15) is 11.6 Å². The van der Waals surface area contributed by atoms with E-state index in [0.717, 1.165) is 48.2 Å². The van der Waals surface area contributed by atoms with Gasteiger partial charge in [-0.15, -0.1) is 22.0 Å². The van der Waals surface area contributed by atoms with Crippen molar-refractivity contribution in [2.24, 2.45) is 0 Å². The van der Waals surface area contributed by atoms with Crippen molar-refractivity contribution >= 4 is 35.1 Å². The van der Waals surface area contributed by atoms with E-state index in [1.807, 2.05) is 47.0 Å². The third-order valence-corrected chi connectivity index (χ3v) is 7.64. The Morgan fingerprint density at radius 2 is 2.07 bits per heavy atom. The number of benzene rings is 1. The lowest BCUT2D eigenvalue weighted by Crippen LogP contribution is -2.33. The lowest BCUT2D eigenvalue weighted by atomic mass is 10.2. The highest BCUT2D eigenvalue weighted by Crippen LogP contribution is 2.41. The molecule has 1 saturated carbocycles. The van der Waals surface area contributed by atoms with Crippen LogP contribution in [0.4, 0.5) is 5.69 Å². The first kappa shape index (κ1) is 19.8. The molecule has 1 aromatic carbocycles. The Hall–Kier alpha value is -2.19. The van der Waals surface area contributed by atoms with Gasteiger partial charge in [-0.05, 0) is 43.5 Å². The molecule has 0 N–H and O–H groups in total. The number of carbonyl (C=O) groups is 1. The Morgan fingerprint density at radius 1 is 1.20 bits per heavy atom. The fourth-order valence-electron chi connectivity index (χ4n) is 3.71. The molecule has 1 fully saturated rings. The molecule has 8 heteroatoms. The summed E-state index contributed by atoms with van der Waals surface area (Å²) in [7, 11) is 0. The van der Waals surface area contributed by atoms with E-state index in [1.54, 1.807) is 6.26 Å². The smallest absolute Gasteiger partial charge is 0.237 e. The fraction of sp³-hybridized carbons (Fsp3) is 0.409. The molecular weight excluding hydrogens is 416 g/mol. The molecule has 0 unspecified atom stereocenters. The predicted octanol–water partition coefficient (Wildman–Crippen LogP) is 4.81. The molecule has 30 heavy (non-hydrogen) atoms. The van der Waals surface area contributed by atoms with Gasteiger partial charge in [0.25, 0.3) is 0 Å². The van der Waals surface area contributed by atoms with Crippen LogP contribution in [0.15, 0.2) is 57.1 Å². The van der Waals surface area contributed by atoms with E-state index < -0.39 is 0 Å². The first-order valence-corrected chi connectivity index (χ1v) is 12.2. The standard InChI is InChI=1S/C22H24N4O2S2/c1-15-10-11-25(18-6-2-3-7-19(18)30-15)20(27)14-29-22-24-23-21(16-8-9-16)26(22)13-17-5-4-12-28-17/h2-7,12,15-16H,8-11,13-14H2,1H3/t15-/m0/s1. The summed E-state index contributed by atoms with van der Waals surface area (Å²) in [4.78, 5) is 16.3. The summed E-state index contributed by atoms with van der Waals surface area (Å²) in [6.07, 6.45) is 4.97. The number of furan rings is 1. The van der Waals surface area contributed by atoms with Gasteiger partial charge in [-0.3, -0.25) is 9.36 Å². The Kier molecular flexibility index (Phi) is 5.60. The number of fused-ring (bicyclic) bond motifs is 1. The molecule has 5 rings (SSSR count). The highest BCUT2D eigenvalue weighted by Gasteiger charge is 2.31. The number of nitrogens with zero attached hydrogens (tertiary/aromatic N) is 4. The van der Waals surface area contributed by atoms with E-state index in [4.69, 9.17) is 4.42 Å². The zero-order valence-corrected chi connectivity index (χ0v) is 18.5. The molecule has 1 aliphatic carbocycles. The van der Waals surface area contributed by atoms with Crippen LogP contribution in [0.3, 0.4) is 0 Å². The molecule has 0 saturated heterocycles. The molecule has 0 spiro atoms. The van der Waals surface area contributed by atoms with Crippen molar-refractivity contribution in [1.82, 2.24) is 14.8 Å². The molecule has 6 nitrogen and oxygen atoms in total. The average molecular weight is 441 g/mol. The van der Waals surface area contributed by atoms with Crippen LogP contribution in [0, 0.1) is 0 Å². The number of carbonyl (C=O) groups excluding carboxylic acids is 1. The molecular formula is C22H24N4O2S2. The van der Waals surface area contributed by atoms with Crippen LogP contribution in [0.1, 0.15) is 43.7 Å². The second-order valence-corrected chi connectivity index (χ2v) is 10.2. The van der Waals surface area contributed by atoms with Gasteiger partial charge in [0.15, 0.2) is 5.16 Å². The van der Waals surface area contributed by atoms with Gasteiger partial charge in [0.2, 0.25) is 5.91 Å². The molecule has 156 valence electrons. The number of para-hydroxylation sites is 1. The van der Waals surface area contributed by atoms with E-state index in [0.29, 0.717) is 23.5 Å². The van der Waals surface area contributed by atoms with Crippen molar-refractivity contribution in [2.45, 2.75) is 54.0 Å². The molecule has 1 aliphatic heterocycles. The summed E-state index contributed by atoms with van der Waals surface area (Å²) in [5.74, 6) is 2.81. The number of hydrogen-bond donors (Lipinski definition) is 0. The Balaban J connectivity index is 1.33. The first-order valence-electron chi connectivity index (χ1n) is 10.3. The number of aromatic nitrogens is 3. The van der Waals surface area contributed by atoms with E-state index >= 15 is 0 Å². The van der Waals surface area contributed by atoms with Gasteiger partial charge in [-0.1, -0.05) is 30.8 Å². The molecule has 1 amide bonds. The monoisotopic (exact) mass is 440 g/mol. The van der Waals surface area contributed by atoms with Crippen molar-refractivity contribution in [3.8, 4) is 0 Å². The maximum Gasteiger partial charge on any atom is 0.237 e. The van der Waals surface area contributed by atoms with E-state index in [1.165, 1.54) is 16.7 Å². The quantitative estimate of drug-likeness (QED) is 0.513. The molecule has 3 heterocycles. The predicted molar refractivity (Wildman–Crippen MR) is 119 cm³/mol. The van der Waals surface area contributed by atoms with Crippen LogP contribution in [-0.2, 0) is 11.3 Å². The second kappa shape index (κ2) is 8.51. The summed E-state index contributed by atoms with van der Waals surface area (Å²) >= 11 is 3.32. The van der Waals surface area contributed by atoms with Gasteiger partial charge in [0.05, 0.1) is 24.2 Å². The second-order valence-electron chi connectivity index (χ2n) is 7.80. The number of thioether (sulfide) groups is 2. The maximum atomic E-state index is 13.2. The molecule has 2 aliphatic rings. The molecule has 0 bridgehead atoms. The molecule has 3 aromatic rings. The zero-order valence-electron chi connectivity index (χ0n) is 16.9. The van der Waals surface area contributed by atoms with Gasteiger partial charge < -0.3 is 9.32 Å². The maximum absolute atomic E-state index is 13.2. The van der Waals surface area contributed by atoms with Gasteiger partial charge in [-0.25, -0.2) is 0 Å². The summed E-state index contributed by atoms with van der Waals surface area (Å²) in [5, 5.41) is 10.1. The lowest BCUT2D eigenvalue weighted by Gasteiger charge is -2.22. The number of rotatable bonds is 6. The van der Waals surface area contributed by atoms with Crippen molar-refractivity contribution in [3.63, 3.8) is 0 Å². The van der Waals surface area contributed by atoms with Crippen LogP contribution in [0.2, 0.25) is 0 Å². The normalized spacial score (nSPS) is 18.8. The highest BCUT2D eigenvalue weighted by molar-refractivity contribution is 8.00. The van der Waals surface area contributed by atoms with Crippen molar-refractivity contribution < 1.29 is 9.21 Å². The number of amides is 1. The largest absolute Gasteiger partial charge is 0.467 e. The van der Waals surface area contributed by atoms with E-state index in [-0.39, 0.29) is 5.91 Å². The minimum atomic E-state index is 0.114. The summed E-state index contributed by atoms with van der Waals surface area (Å²) in [6.45, 7) is 3.57. The van der Waals surface area contributed by atoms with Crippen molar-refractivity contribution in [3.05, 3.63) is 54.2 Å². The number of hydrogen-bond acceptors (Lipinski definition) is 6. The van der Waals surface area contributed by atoms with Crippen LogP contribution in [0.5, 0.6) is 0 Å². The van der Waals surface area contributed by atoms with Crippen LogP contribution < -0.4 is 4.90 Å². The number of anilines is 1. The van der Waals surface area contributed by atoms with Crippen molar-refractivity contribution in [1.29, 1.82) is 0 Å². The molecule has 0 radical (unpaired) electrons. The highest BCUT2D eigenvalue weighted by atomic mass is 32.2. The van der Waals surface area contributed by atoms with Gasteiger partial charge >= 0.3 is 0 Å². The van der Waals surface area contributed by atoms with E-state index in [9.17, 15) is 4.79 Å². The third kappa shape index (κ3) is 4.16. The molecule has 1 atom stereocenters. The minimum absolute atomic E-state index is 0.114. The molecule has 2 aromatic heterocycles. The topological polar surface area (TPSA) is 64.2 Å².